The Morgan fingerprint density at radius 3 is 2.58 bits per heavy atom. The number of quaternary nitrogens is 1. The summed E-state index contributed by atoms with van der Waals surface area (Å²) in [5.74, 6) is 0.861. The van der Waals surface area contributed by atoms with E-state index in [1.807, 2.05) is 18.2 Å². The van der Waals surface area contributed by atoms with Crippen molar-refractivity contribution in [3.05, 3.63) is 28.2 Å². The van der Waals surface area contributed by atoms with Gasteiger partial charge in [-0.05, 0) is 41.1 Å². The van der Waals surface area contributed by atoms with Crippen molar-refractivity contribution in [2.75, 3.05) is 7.11 Å². The Bertz CT molecular complexity index is 273. The molecule has 0 aliphatic heterocycles. The lowest BCUT2D eigenvalue weighted by Crippen LogP contribution is -2.51. The van der Waals surface area contributed by atoms with Gasteiger partial charge in [0, 0.05) is 5.56 Å². The predicted octanol–water partition coefficient (Wildman–Crippen LogP) is 1.76. The van der Waals surface area contributed by atoms with Gasteiger partial charge in [0.05, 0.1) is 11.6 Å². The molecule has 3 heteroatoms. The molecule has 0 aromatic heterocycles. The second kappa shape index (κ2) is 3.92. The van der Waals surface area contributed by atoms with Gasteiger partial charge in [0.15, 0.2) is 0 Å². The van der Waals surface area contributed by atoms with Crippen LogP contribution in [0, 0.1) is 0 Å². The van der Waals surface area contributed by atoms with Crippen LogP contribution in [0.15, 0.2) is 22.7 Å². The maximum Gasteiger partial charge on any atom is 0.133 e. The van der Waals surface area contributed by atoms with Crippen LogP contribution in [-0.4, -0.2) is 7.11 Å². The molecule has 0 heterocycles. The minimum atomic E-state index is 0.312. The summed E-state index contributed by atoms with van der Waals surface area (Å²) in [6.45, 7) is 2.06. The van der Waals surface area contributed by atoms with Crippen LogP contribution in [0.4, 0.5) is 0 Å². The topological polar surface area (TPSA) is 36.9 Å². The second-order valence-corrected chi connectivity index (χ2v) is 3.65. The molecule has 0 amide bonds. The summed E-state index contributed by atoms with van der Waals surface area (Å²) >= 11 is 3.42. The molecular weight excluding hydrogens is 218 g/mol. The summed E-state index contributed by atoms with van der Waals surface area (Å²) in [4.78, 5) is 0. The number of hydrogen-bond donors (Lipinski definition) is 1. The van der Waals surface area contributed by atoms with E-state index < -0.39 is 0 Å². The molecule has 66 valence electrons. The van der Waals surface area contributed by atoms with Crippen molar-refractivity contribution in [1.82, 2.24) is 0 Å². The molecule has 0 saturated heterocycles. The van der Waals surface area contributed by atoms with Crippen LogP contribution in [-0.2, 0) is 0 Å². The van der Waals surface area contributed by atoms with E-state index in [0.717, 1.165) is 10.2 Å². The molecule has 1 atom stereocenters. The highest BCUT2D eigenvalue weighted by atomic mass is 79.9. The first-order valence-corrected chi connectivity index (χ1v) is 4.61. The Morgan fingerprint density at radius 1 is 1.50 bits per heavy atom. The van der Waals surface area contributed by atoms with Crippen LogP contribution < -0.4 is 10.5 Å². The molecular formula is C9H13BrNO+. The number of methoxy groups -OCH3 is 1. The summed E-state index contributed by atoms with van der Waals surface area (Å²) in [6.07, 6.45) is 0. The van der Waals surface area contributed by atoms with Gasteiger partial charge in [0.25, 0.3) is 0 Å². The molecule has 1 aromatic rings. The van der Waals surface area contributed by atoms with E-state index in [1.165, 1.54) is 5.56 Å². The number of benzene rings is 1. The minimum absolute atomic E-state index is 0.312. The lowest BCUT2D eigenvalue weighted by molar-refractivity contribution is -0.420. The standard InChI is InChI=1S/C9H12BrNO/c1-6(11)7-3-4-9(12-2)8(10)5-7/h3-6H,11H2,1-2H3/p+1/t6-/m0/s1. The summed E-state index contributed by atoms with van der Waals surface area (Å²) in [6, 6.07) is 6.32. The molecule has 2 nitrogen and oxygen atoms in total. The molecule has 0 spiro atoms. The van der Waals surface area contributed by atoms with Gasteiger partial charge in [-0.15, -0.1) is 0 Å². The minimum Gasteiger partial charge on any atom is -0.496 e. The van der Waals surface area contributed by atoms with E-state index in [0.29, 0.717) is 6.04 Å². The Kier molecular flexibility index (Phi) is 3.12. The maximum absolute atomic E-state index is 5.11. The third-order valence-electron chi connectivity index (χ3n) is 1.74. The highest BCUT2D eigenvalue weighted by Gasteiger charge is 2.05. The van der Waals surface area contributed by atoms with E-state index in [9.17, 15) is 0 Å². The van der Waals surface area contributed by atoms with Crippen molar-refractivity contribution in [2.24, 2.45) is 0 Å². The highest BCUT2D eigenvalue weighted by molar-refractivity contribution is 9.10. The zero-order valence-electron chi connectivity index (χ0n) is 7.30. The summed E-state index contributed by atoms with van der Waals surface area (Å²) in [5.41, 5.74) is 5.15. The zero-order valence-corrected chi connectivity index (χ0v) is 8.89. The van der Waals surface area contributed by atoms with Gasteiger partial charge in [0.2, 0.25) is 0 Å². The third-order valence-corrected chi connectivity index (χ3v) is 2.36. The average Bonchev–Trinajstić information content (AvgIpc) is 2.04. The van der Waals surface area contributed by atoms with Gasteiger partial charge in [-0.2, -0.15) is 0 Å². The molecule has 12 heavy (non-hydrogen) atoms. The fourth-order valence-corrected chi connectivity index (χ4v) is 1.55. The lowest BCUT2D eigenvalue weighted by Gasteiger charge is -2.06. The fourth-order valence-electron chi connectivity index (χ4n) is 0.989. The third kappa shape index (κ3) is 1.99. The van der Waals surface area contributed by atoms with Crippen molar-refractivity contribution in [3.8, 4) is 5.75 Å². The molecule has 0 saturated carbocycles. The SMILES string of the molecule is COc1ccc([C@H](C)[NH3+])cc1Br. The van der Waals surface area contributed by atoms with Gasteiger partial charge >= 0.3 is 0 Å². The van der Waals surface area contributed by atoms with Crippen LogP contribution in [0.1, 0.15) is 18.5 Å². The summed E-state index contributed by atoms with van der Waals surface area (Å²) in [7, 11) is 1.66. The number of hydrogen-bond acceptors (Lipinski definition) is 1. The molecule has 0 aliphatic rings. The van der Waals surface area contributed by atoms with Crippen LogP contribution in [0.5, 0.6) is 5.75 Å². The van der Waals surface area contributed by atoms with Crippen molar-refractivity contribution in [3.63, 3.8) is 0 Å². The van der Waals surface area contributed by atoms with Gasteiger partial charge in [-0.25, -0.2) is 0 Å². The Balaban J connectivity index is 3.02. The molecule has 0 radical (unpaired) electrons. The van der Waals surface area contributed by atoms with Crippen molar-refractivity contribution < 1.29 is 10.5 Å². The number of ether oxygens (including phenoxy) is 1. The van der Waals surface area contributed by atoms with Gasteiger partial charge in [0.1, 0.15) is 11.8 Å². The number of rotatable bonds is 2. The van der Waals surface area contributed by atoms with Crippen LogP contribution >= 0.6 is 15.9 Å². The van der Waals surface area contributed by atoms with Crippen LogP contribution in [0.25, 0.3) is 0 Å². The monoisotopic (exact) mass is 230 g/mol. The molecule has 0 bridgehead atoms. The normalized spacial score (nSPS) is 12.7. The van der Waals surface area contributed by atoms with E-state index in [-0.39, 0.29) is 0 Å². The second-order valence-electron chi connectivity index (χ2n) is 2.80. The maximum atomic E-state index is 5.11. The first-order chi connectivity index (χ1) is 5.65. The Labute approximate surface area is 80.8 Å². The molecule has 0 aliphatic carbocycles. The molecule has 3 N–H and O–H groups in total. The van der Waals surface area contributed by atoms with Crippen LogP contribution in [0.3, 0.4) is 0 Å². The Hall–Kier alpha value is -0.540. The van der Waals surface area contributed by atoms with Crippen molar-refractivity contribution in [1.29, 1.82) is 0 Å². The summed E-state index contributed by atoms with van der Waals surface area (Å²) < 4.78 is 6.10. The largest absolute Gasteiger partial charge is 0.496 e. The van der Waals surface area contributed by atoms with E-state index in [1.54, 1.807) is 7.11 Å². The van der Waals surface area contributed by atoms with Crippen molar-refractivity contribution in [2.45, 2.75) is 13.0 Å². The quantitative estimate of drug-likeness (QED) is 0.827. The van der Waals surface area contributed by atoms with E-state index in [2.05, 4.69) is 28.6 Å². The van der Waals surface area contributed by atoms with E-state index in [4.69, 9.17) is 4.74 Å². The van der Waals surface area contributed by atoms with Crippen molar-refractivity contribution >= 4 is 15.9 Å². The smallest absolute Gasteiger partial charge is 0.133 e. The fraction of sp³-hybridized carbons (Fsp3) is 0.333. The highest BCUT2D eigenvalue weighted by Crippen LogP contribution is 2.26. The van der Waals surface area contributed by atoms with E-state index >= 15 is 0 Å². The first kappa shape index (κ1) is 9.55. The van der Waals surface area contributed by atoms with Gasteiger partial charge in [-0.1, -0.05) is 0 Å². The molecule has 0 fully saturated rings. The zero-order chi connectivity index (χ0) is 9.14. The Morgan fingerprint density at radius 2 is 2.17 bits per heavy atom. The van der Waals surface area contributed by atoms with Crippen LogP contribution in [0.2, 0.25) is 0 Å². The molecule has 0 unspecified atom stereocenters. The average molecular weight is 231 g/mol. The molecule has 1 rings (SSSR count). The molecule has 1 aromatic carbocycles. The number of halogens is 1. The van der Waals surface area contributed by atoms with Gasteiger partial charge in [-0.3, -0.25) is 0 Å². The predicted molar refractivity (Wildman–Crippen MR) is 52.0 cm³/mol. The lowest BCUT2D eigenvalue weighted by atomic mass is 10.1. The summed E-state index contributed by atoms with van der Waals surface area (Å²) in [5, 5.41) is 0. The van der Waals surface area contributed by atoms with Gasteiger partial charge < -0.3 is 10.5 Å². The first-order valence-electron chi connectivity index (χ1n) is 3.81.